The van der Waals surface area contributed by atoms with Crippen LogP contribution in [0.4, 0.5) is 19.1 Å². The molecule has 3 heterocycles. The molecule has 0 unspecified atom stereocenters. The van der Waals surface area contributed by atoms with E-state index in [-0.39, 0.29) is 23.7 Å². The summed E-state index contributed by atoms with van der Waals surface area (Å²) in [5.41, 5.74) is -0.671. The van der Waals surface area contributed by atoms with Crippen LogP contribution in [0.25, 0.3) is 0 Å². The van der Waals surface area contributed by atoms with Crippen molar-refractivity contribution in [3.8, 4) is 0 Å². The van der Waals surface area contributed by atoms with E-state index in [0.717, 1.165) is 25.3 Å². The molecule has 0 aliphatic carbocycles. The summed E-state index contributed by atoms with van der Waals surface area (Å²) in [7, 11) is 0. The Morgan fingerprint density at radius 2 is 1.92 bits per heavy atom. The van der Waals surface area contributed by atoms with Crippen LogP contribution < -0.4 is 4.90 Å². The van der Waals surface area contributed by atoms with Gasteiger partial charge in [-0.15, -0.1) is 0 Å². The molecule has 1 aromatic rings. The minimum absolute atomic E-state index is 0.0273. The van der Waals surface area contributed by atoms with Crippen molar-refractivity contribution in [1.29, 1.82) is 0 Å². The molecule has 2 fully saturated rings. The SMILES string of the molecule is Cc1cc(C(F)(F)F)nc(N2CCN(C(=O)[C@H]3CCCCO3)CC2)n1. The molecule has 138 valence electrons. The number of ether oxygens (including phenoxy) is 1. The Labute approximate surface area is 144 Å². The van der Waals surface area contributed by atoms with Crippen LogP contribution >= 0.6 is 0 Å². The second kappa shape index (κ2) is 7.15. The summed E-state index contributed by atoms with van der Waals surface area (Å²) in [5, 5.41) is 0. The molecule has 25 heavy (non-hydrogen) atoms. The maximum Gasteiger partial charge on any atom is 0.433 e. The number of hydrogen-bond acceptors (Lipinski definition) is 5. The highest BCUT2D eigenvalue weighted by Crippen LogP contribution is 2.29. The monoisotopic (exact) mass is 358 g/mol. The van der Waals surface area contributed by atoms with Crippen LogP contribution in [0.1, 0.15) is 30.7 Å². The van der Waals surface area contributed by atoms with Gasteiger partial charge in [-0.05, 0) is 32.3 Å². The maximum absolute atomic E-state index is 12.9. The summed E-state index contributed by atoms with van der Waals surface area (Å²) in [4.78, 5) is 23.6. The molecule has 0 bridgehead atoms. The second-order valence-electron chi connectivity index (χ2n) is 6.36. The van der Waals surface area contributed by atoms with E-state index >= 15 is 0 Å². The largest absolute Gasteiger partial charge is 0.433 e. The fraction of sp³-hybridized carbons (Fsp3) is 0.688. The first kappa shape index (κ1) is 17.9. The van der Waals surface area contributed by atoms with E-state index in [9.17, 15) is 18.0 Å². The van der Waals surface area contributed by atoms with Gasteiger partial charge in [0.05, 0.1) is 0 Å². The van der Waals surface area contributed by atoms with Gasteiger partial charge in [-0.25, -0.2) is 9.97 Å². The molecule has 0 spiro atoms. The average Bonchev–Trinajstić information content (AvgIpc) is 2.61. The molecule has 0 aromatic carbocycles. The number of rotatable bonds is 2. The molecular weight excluding hydrogens is 337 g/mol. The number of alkyl halides is 3. The van der Waals surface area contributed by atoms with E-state index in [1.807, 2.05) is 0 Å². The molecule has 1 amide bonds. The first-order valence-corrected chi connectivity index (χ1v) is 8.43. The van der Waals surface area contributed by atoms with Gasteiger partial charge in [0.15, 0.2) is 0 Å². The van der Waals surface area contributed by atoms with Crippen molar-refractivity contribution in [3.63, 3.8) is 0 Å². The van der Waals surface area contributed by atoms with Crippen LogP contribution in [0.2, 0.25) is 0 Å². The molecule has 0 radical (unpaired) electrons. The highest BCUT2D eigenvalue weighted by Gasteiger charge is 2.35. The van der Waals surface area contributed by atoms with Crippen molar-refractivity contribution in [3.05, 3.63) is 17.5 Å². The lowest BCUT2D eigenvalue weighted by atomic mass is 10.1. The Kier molecular flexibility index (Phi) is 5.12. The van der Waals surface area contributed by atoms with Gasteiger partial charge >= 0.3 is 6.18 Å². The van der Waals surface area contributed by atoms with Gasteiger partial charge in [0.25, 0.3) is 5.91 Å². The highest BCUT2D eigenvalue weighted by molar-refractivity contribution is 5.81. The molecule has 1 atom stereocenters. The third-order valence-electron chi connectivity index (χ3n) is 4.46. The topological polar surface area (TPSA) is 58.6 Å². The van der Waals surface area contributed by atoms with E-state index in [2.05, 4.69) is 9.97 Å². The smallest absolute Gasteiger partial charge is 0.368 e. The van der Waals surface area contributed by atoms with Crippen LogP contribution in [0.3, 0.4) is 0 Å². The molecule has 9 heteroatoms. The van der Waals surface area contributed by atoms with Gasteiger partial charge in [0.2, 0.25) is 5.95 Å². The highest BCUT2D eigenvalue weighted by atomic mass is 19.4. The number of halogens is 3. The number of amides is 1. The van der Waals surface area contributed by atoms with Gasteiger partial charge in [-0.1, -0.05) is 0 Å². The summed E-state index contributed by atoms with van der Waals surface area (Å²) in [5.74, 6) is 0.0360. The predicted octanol–water partition coefficient (Wildman–Crippen LogP) is 2.02. The molecule has 2 saturated heterocycles. The molecule has 2 aliphatic heterocycles. The summed E-state index contributed by atoms with van der Waals surface area (Å²) in [6.45, 7) is 3.78. The molecule has 2 aliphatic rings. The fourth-order valence-corrected chi connectivity index (χ4v) is 3.11. The van der Waals surface area contributed by atoms with E-state index in [1.54, 1.807) is 9.80 Å². The zero-order valence-electron chi connectivity index (χ0n) is 14.1. The lowest BCUT2D eigenvalue weighted by Gasteiger charge is -2.37. The van der Waals surface area contributed by atoms with E-state index < -0.39 is 11.9 Å². The van der Waals surface area contributed by atoms with E-state index in [1.165, 1.54) is 6.92 Å². The quantitative estimate of drug-likeness (QED) is 0.810. The first-order chi connectivity index (χ1) is 11.8. The minimum atomic E-state index is -4.50. The molecule has 3 rings (SSSR count). The van der Waals surface area contributed by atoms with E-state index in [4.69, 9.17) is 4.74 Å². The molecule has 6 nitrogen and oxygen atoms in total. The van der Waals surface area contributed by atoms with Crippen molar-refractivity contribution in [2.75, 3.05) is 37.7 Å². The van der Waals surface area contributed by atoms with Gasteiger partial charge in [0.1, 0.15) is 11.8 Å². The number of nitrogens with zero attached hydrogens (tertiary/aromatic N) is 4. The van der Waals surface area contributed by atoms with Crippen LogP contribution in [-0.4, -0.2) is 59.7 Å². The number of carbonyl (C=O) groups excluding carboxylic acids is 1. The lowest BCUT2D eigenvalue weighted by Crippen LogP contribution is -2.52. The summed E-state index contributed by atoms with van der Waals surface area (Å²) in [6.07, 6.45) is -2.20. The molecular formula is C16H21F3N4O2. The van der Waals surface area contributed by atoms with Crippen LogP contribution in [-0.2, 0) is 15.7 Å². The van der Waals surface area contributed by atoms with Crippen LogP contribution in [0.15, 0.2) is 6.07 Å². The Balaban J connectivity index is 1.64. The number of anilines is 1. The molecule has 1 aromatic heterocycles. The Bertz CT molecular complexity index is 624. The van der Waals surface area contributed by atoms with Gasteiger partial charge in [-0.2, -0.15) is 13.2 Å². The number of aryl methyl sites for hydroxylation is 1. The normalized spacial score (nSPS) is 22.2. The van der Waals surface area contributed by atoms with E-state index in [0.29, 0.717) is 32.8 Å². The van der Waals surface area contributed by atoms with Crippen LogP contribution in [0.5, 0.6) is 0 Å². The van der Waals surface area contributed by atoms with Crippen molar-refractivity contribution < 1.29 is 22.7 Å². The lowest BCUT2D eigenvalue weighted by molar-refractivity contribution is -0.146. The zero-order valence-corrected chi connectivity index (χ0v) is 14.1. The summed E-state index contributed by atoms with van der Waals surface area (Å²) < 4.78 is 44.3. The Hall–Kier alpha value is -1.90. The van der Waals surface area contributed by atoms with Gasteiger partial charge in [0, 0.05) is 38.5 Å². The number of piperazine rings is 1. The average molecular weight is 358 g/mol. The molecule has 0 saturated carbocycles. The third-order valence-corrected chi connectivity index (χ3v) is 4.46. The number of carbonyl (C=O) groups is 1. The summed E-state index contributed by atoms with van der Waals surface area (Å²) in [6, 6.07) is 0.934. The second-order valence-corrected chi connectivity index (χ2v) is 6.36. The van der Waals surface area contributed by atoms with Gasteiger partial charge in [-0.3, -0.25) is 4.79 Å². The van der Waals surface area contributed by atoms with Crippen molar-refractivity contribution in [2.45, 2.75) is 38.5 Å². The predicted molar refractivity (Wildman–Crippen MR) is 84.2 cm³/mol. The molecule has 0 N–H and O–H groups in total. The Morgan fingerprint density at radius 3 is 2.52 bits per heavy atom. The number of hydrogen-bond donors (Lipinski definition) is 0. The van der Waals surface area contributed by atoms with Crippen molar-refractivity contribution in [2.24, 2.45) is 0 Å². The maximum atomic E-state index is 12.9. The minimum Gasteiger partial charge on any atom is -0.368 e. The van der Waals surface area contributed by atoms with Gasteiger partial charge < -0.3 is 14.5 Å². The number of aromatic nitrogens is 2. The Morgan fingerprint density at radius 1 is 1.20 bits per heavy atom. The fourth-order valence-electron chi connectivity index (χ4n) is 3.11. The summed E-state index contributed by atoms with van der Waals surface area (Å²) >= 11 is 0. The van der Waals surface area contributed by atoms with Crippen LogP contribution in [0, 0.1) is 6.92 Å². The first-order valence-electron chi connectivity index (χ1n) is 8.43. The standard InChI is InChI=1S/C16H21F3N4O2/c1-11-10-13(16(17,18)19)21-15(20-11)23-7-5-22(6-8-23)14(24)12-4-2-3-9-25-12/h10,12H,2-9H2,1H3/t12-/m1/s1. The van der Waals surface area contributed by atoms with Crippen molar-refractivity contribution >= 4 is 11.9 Å². The zero-order chi connectivity index (χ0) is 18.0. The van der Waals surface area contributed by atoms with Crippen molar-refractivity contribution in [1.82, 2.24) is 14.9 Å². The third kappa shape index (κ3) is 4.20.